The molecule has 1 aliphatic rings. The van der Waals surface area contributed by atoms with Crippen molar-refractivity contribution in [2.45, 2.75) is 24.8 Å². The molecule has 0 aliphatic carbocycles. The molecular formula is C20H26N4O4S. The van der Waals surface area contributed by atoms with Crippen molar-refractivity contribution in [1.29, 1.82) is 0 Å². The minimum atomic E-state index is -3.42. The molecule has 0 fully saturated rings. The number of guanidine groups is 1. The lowest BCUT2D eigenvalue weighted by atomic mass is 10.1. The zero-order valence-electron chi connectivity index (χ0n) is 16.6. The summed E-state index contributed by atoms with van der Waals surface area (Å²) in [5.41, 5.74) is 2.08. The van der Waals surface area contributed by atoms with Crippen molar-refractivity contribution in [2.24, 2.45) is 4.99 Å². The lowest BCUT2D eigenvalue weighted by Crippen LogP contribution is -2.38. The highest BCUT2D eigenvalue weighted by atomic mass is 32.2. The van der Waals surface area contributed by atoms with Crippen molar-refractivity contribution in [3.63, 3.8) is 0 Å². The van der Waals surface area contributed by atoms with Crippen molar-refractivity contribution in [2.75, 3.05) is 26.9 Å². The average molecular weight is 419 g/mol. The molecule has 3 N–H and O–H groups in total. The maximum atomic E-state index is 11.8. The van der Waals surface area contributed by atoms with Gasteiger partial charge in [-0.15, -0.1) is 0 Å². The van der Waals surface area contributed by atoms with Crippen molar-refractivity contribution in [3.05, 3.63) is 53.6 Å². The Bertz CT molecular complexity index is 959. The van der Waals surface area contributed by atoms with E-state index in [0.717, 1.165) is 35.6 Å². The molecule has 156 valence electrons. The molecule has 0 amide bonds. The predicted octanol–water partition coefficient (Wildman–Crippen LogP) is 1.62. The summed E-state index contributed by atoms with van der Waals surface area (Å²) in [7, 11) is -2.03. The third-order valence-corrected chi connectivity index (χ3v) is 5.84. The van der Waals surface area contributed by atoms with Gasteiger partial charge in [0.1, 0.15) is 0 Å². The van der Waals surface area contributed by atoms with Crippen LogP contribution < -0.4 is 24.8 Å². The standard InChI is InChI=1S/C20H26N4O4S/c1-3-22-20(23-11-10-15-6-9-18-19(12-15)28-14-27-18)24-13-16-4-7-17(8-5-16)29(25,26)21-2/h4-9,12,21H,3,10-11,13-14H2,1-2H3,(H2,22,23,24). The van der Waals surface area contributed by atoms with Gasteiger partial charge in [0.2, 0.25) is 16.8 Å². The summed E-state index contributed by atoms with van der Waals surface area (Å²) < 4.78 is 36.6. The van der Waals surface area contributed by atoms with E-state index in [9.17, 15) is 8.42 Å². The number of hydrogen-bond donors (Lipinski definition) is 3. The van der Waals surface area contributed by atoms with Crippen LogP contribution in [0.3, 0.4) is 0 Å². The highest BCUT2D eigenvalue weighted by Gasteiger charge is 2.13. The fraction of sp³-hybridized carbons (Fsp3) is 0.350. The zero-order valence-corrected chi connectivity index (χ0v) is 17.4. The average Bonchev–Trinajstić information content (AvgIpc) is 3.20. The summed E-state index contributed by atoms with van der Waals surface area (Å²) in [5.74, 6) is 2.28. The lowest BCUT2D eigenvalue weighted by molar-refractivity contribution is 0.174. The van der Waals surface area contributed by atoms with E-state index in [1.165, 1.54) is 7.05 Å². The molecular weight excluding hydrogens is 392 g/mol. The summed E-state index contributed by atoms with van der Waals surface area (Å²) in [5, 5.41) is 6.53. The molecule has 0 spiro atoms. The van der Waals surface area contributed by atoms with Crippen molar-refractivity contribution < 1.29 is 17.9 Å². The van der Waals surface area contributed by atoms with E-state index in [2.05, 4.69) is 20.3 Å². The fourth-order valence-electron chi connectivity index (χ4n) is 2.83. The third kappa shape index (κ3) is 5.61. The molecule has 29 heavy (non-hydrogen) atoms. The maximum absolute atomic E-state index is 11.8. The van der Waals surface area contributed by atoms with Gasteiger partial charge in [0.25, 0.3) is 0 Å². The monoisotopic (exact) mass is 418 g/mol. The Morgan fingerprint density at radius 1 is 1.03 bits per heavy atom. The number of nitrogens with zero attached hydrogens (tertiary/aromatic N) is 1. The lowest BCUT2D eigenvalue weighted by Gasteiger charge is -2.12. The van der Waals surface area contributed by atoms with Gasteiger partial charge in [0, 0.05) is 13.1 Å². The molecule has 0 saturated heterocycles. The largest absolute Gasteiger partial charge is 0.454 e. The first-order chi connectivity index (χ1) is 14.0. The number of benzene rings is 2. The molecule has 0 bridgehead atoms. The van der Waals surface area contributed by atoms with E-state index < -0.39 is 10.0 Å². The number of nitrogens with one attached hydrogen (secondary N) is 3. The van der Waals surface area contributed by atoms with E-state index in [1.54, 1.807) is 24.3 Å². The van der Waals surface area contributed by atoms with Crippen LogP contribution in [0.25, 0.3) is 0 Å². The van der Waals surface area contributed by atoms with Gasteiger partial charge in [-0.05, 0) is 55.8 Å². The molecule has 0 atom stereocenters. The zero-order chi connectivity index (χ0) is 20.7. The van der Waals surface area contributed by atoms with Crippen molar-refractivity contribution in [1.82, 2.24) is 15.4 Å². The first kappa shape index (κ1) is 20.9. The summed E-state index contributed by atoms with van der Waals surface area (Å²) in [6.45, 7) is 4.18. The van der Waals surface area contributed by atoms with E-state index in [0.29, 0.717) is 19.0 Å². The molecule has 0 unspecified atom stereocenters. The van der Waals surface area contributed by atoms with Crippen LogP contribution in [-0.4, -0.2) is 41.3 Å². The van der Waals surface area contributed by atoms with Crippen LogP contribution in [0.15, 0.2) is 52.4 Å². The van der Waals surface area contributed by atoms with Gasteiger partial charge in [0.05, 0.1) is 11.4 Å². The second-order valence-electron chi connectivity index (χ2n) is 6.41. The molecule has 8 nitrogen and oxygen atoms in total. The topological polar surface area (TPSA) is 101 Å². The summed E-state index contributed by atoms with van der Waals surface area (Å²) in [6, 6.07) is 12.6. The van der Waals surface area contributed by atoms with Crippen LogP contribution in [0.4, 0.5) is 0 Å². The van der Waals surface area contributed by atoms with Crippen LogP contribution in [0, 0.1) is 0 Å². The molecule has 9 heteroatoms. The fourth-order valence-corrected chi connectivity index (χ4v) is 3.56. The second kappa shape index (κ2) is 9.62. The minimum absolute atomic E-state index is 0.237. The number of sulfonamides is 1. The Morgan fingerprint density at radius 3 is 2.48 bits per heavy atom. The van der Waals surface area contributed by atoms with Gasteiger partial charge in [-0.3, -0.25) is 0 Å². The molecule has 1 aliphatic heterocycles. The number of fused-ring (bicyclic) bond motifs is 1. The molecule has 0 aromatic heterocycles. The van der Waals surface area contributed by atoms with E-state index in [1.807, 2.05) is 25.1 Å². The normalized spacial score (nSPS) is 13.4. The minimum Gasteiger partial charge on any atom is -0.454 e. The Hall–Kier alpha value is -2.78. The van der Waals surface area contributed by atoms with Gasteiger partial charge < -0.3 is 20.1 Å². The van der Waals surface area contributed by atoms with Gasteiger partial charge >= 0.3 is 0 Å². The highest BCUT2D eigenvalue weighted by Crippen LogP contribution is 2.32. The van der Waals surface area contributed by atoms with Gasteiger partial charge in [-0.2, -0.15) is 0 Å². The summed E-state index contributed by atoms with van der Waals surface area (Å²) in [4.78, 5) is 4.81. The number of hydrogen-bond acceptors (Lipinski definition) is 5. The Kier molecular flexibility index (Phi) is 6.95. The summed E-state index contributed by atoms with van der Waals surface area (Å²) in [6.07, 6.45) is 0.817. The van der Waals surface area contributed by atoms with E-state index in [-0.39, 0.29) is 11.7 Å². The Labute approximate surface area is 171 Å². The van der Waals surface area contributed by atoms with Crippen LogP contribution in [0.1, 0.15) is 18.1 Å². The quantitative estimate of drug-likeness (QED) is 0.445. The van der Waals surface area contributed by atoms with Crippen LogP contribution in [0.5, 0.6) is 11.5 Å². The van der Waals surface area contributed by atoms with Crippen LogP contribution >= 0.6 is 0 Å². The van der Waals surface area contributed by atoms with E-state index in [4.69, 9.17) is 9.47 Å². The maximum Gasteiger partial charge on any atom is 0.240 e. The molecule has 3 rings (SSSR count). The molecule has 1 heterocycles. The molecule has 2 aromatic rings. The smallest absolute Gasteiger partial charge is 0.240 e. The Morgan fingerprint density at radius 2 is 1.76 bits per heavy atom. The molecule has 2 aromatic carbocycles. The van der Waals surface area contributed by atoms with Crippen LogP contribution in [0.2, 0.25) is 0 Å². The predicted molar refractivity (Wildman–Crippen MR) is 112 cm³/mol. The SMILES string of the molecule is CCNC(=NCc1ccc(S(=O)(=O)NC)cc1)NCCc1ccc2c(c1)OCO2. The van der Waals surface area contributed by atoms with Crippen LogP contribution in [-0.2, 0) is 23.0 Å². The van der Waals surface area contributed by atoms with E-state index >= 15 is 0 Å². The number of rotatable bonds is 8. The summed E-state index contributed by atoms with van der Waals surface area (Å²) >= 11 is 0. The molecule has 0 radical (unpaired) electrons. The number of ether oxygens (including phenoxy) is 2. The highest BCUT2D eigenvalue weighted by molar-refractivity contribution is 7.89. The van der Waals surface area contributed by atoms with Crippen molar-refractivity contribution >= 4 is 16.0 Å². The second-order valence-corrected chi connectivity index (χ2v) is 8.30. The first-order valence-corrected chi connectivity index (χ1v) is 10.9. The van der Waals surface area contributed by atoms with Gasteiger partial charge in [-0.1, -0.05) is 18.2 Å². The third-order valence-electron chi connectivity index (χ3n) is 4.41. The first-order valence-electron chi connectivity index (χ1n) is 9.45. The van der Waals surface area contributed by atoms with Crippen molar-refractivity contribution in [3.8, 4) is 11.5 Å². The van der Waals surface area contributed by atoms with Gasteiger partial charge in [0.15, 0.2) is 17.5 Å². The Balaban J connectivity index is 1.55. The molecule has 0 saturated carbocycles. The number of aliphatic imine (C=N–C) groups is 1. The van der Waals surface area contributed by atoms with Gasteiger partial charge in [-0.25, -0.2) is 18.1 Å².